The molecule has 0 bridgehead atoms. The first-order valence-electron chi connectivity index (χ1n) is 9.54. The lowest BCUT2D eigenvalue weighted by molar-refractivity contribution is -0.131. The second-order valence-corrected chi connectivity index (χ2v) is 6.65. The number of nitrogens with one attached hydrogen (secondary N) is 2. The highest BCUT2D eigenvalue weighted by Gasteiger charge is 2.17. The summed E-state index contributed by atoms with van der Waals surface area (Å²) in [6.45, 7) is 5.17. The van der Waals surface area contributed by atoms with Gasteiger partial charge in [0.15, 0.2) is 0 Å². The number of likely N-dealkylation sites (N-methyl/N-ethyl adjacent to an activating group) is 1. The van der Waals surface area contributed by atoms with Crippen molar-refractivity contribution in [2.45, 2.75) is 32.9 Å². The molecule has 0 spiro atoms. The summed E-state index contributed by atoms with van der Waals surface area (Å²) in [7, 11) is 1.71. The molecule has 0 aliphatic rings. The number of rotatable bonds is 9. The molecule has 2 aromatic rings. The molecule has 150 valence electrons. The third-order valence-electron chi connectivity index (χ3n) is 4.41. The van der Waals surface area contributed by atoms with Crippen LogP contribution in [-0.2, 0) is 17.8 Å². The Hall–Kier alpha value is -3.02. The molecule has 0 saturated heterocycles. The van der Waals surface area contributed by atoms with E-state index in [9.17, 15) is 9.59 Å². The molecule has 0 heterocycles. The van der Waals surface area contributed by atoms with Crippen molar-refractivity contribution in [3.05, 3.63) is 65.7 Å². The zero-order chi connectivity index (χ0) is 20.4. The van der Waals surface area contributed by atoms with Gasteiger partial charge in [0.05, 0.1) is 0 Å². The van der Waals surface area contributed by atoms with E-state index >= 15 is 0 Å². The second kappa shape index (κ2) is 11.0. The second-order valence-electron chi connectivity index (χ2n) is 6.65. The van der Waals surface area contributed by atoms with Crippen LogP contribution in [0.1, 0.15) is 25.0 Å². The van der Waals surface area contributed by atoms with Gasteiger partial charge in [0.2, 0.25) is 5.91 Å². The maximum atomic E-state index is 12.0. The number of ether oxygens (including phenoxy) is 1. The molecule has 0 fully saturated rings. The molecule has 0 aromatic heterocycles. The number of nitrogens with zero attached hydrogens (tertiary/aromatic N) is 1. The molecule has 0 aliphatic heterocycles. The first-order valence-corrected chi connectivity index (χ1v) is 9.54. The number of carbonyl (C=O) groups excluding carboxylic acids is 2. The fourth-order valence-electron chi connectivity index (χ4n) is 2.65. The third-order valence-corrected chi connectivity index (χ3v) is 4.41. The van der Waals surface area contributed by atoms with E-state index in [0.717, 1.165) is 16.9 Å². The third kappa shape index (κ3) is 6.95. The molecule has 1 atom stereocenters. The fraction of sp³-hybridized carbons (Fsp3) is 0.364. The van der Waals surface area contributed by atoms with Crippen LogP contribution in [-0.4, -0.2) is 43.0 Å². The molecule has 0 saturated carbocycles. The van der Waals surface area contributed by atoms with Crippen molar-refractivity contribution in [2.24, 2.45) is 0 Å². The molecule has 6 nitrogen and oxygen atoms in total. The van der Waals surface area contributed by atoms with Gasteiger partial charge in [0.1, 0.15) is 18.4 Å². The Kier molecular flexibility index (Phi) is 8.34. The standard InChI is InChI=1S/C22H29N3O3/c1-4-25(3)21(26)17(2)24-22(27)23-14-13-18-11-8-12-20(15-18)28-16-19-9-6-5-7-10-19/h5-12,15,17H,4,13-14,16H2,1-3H3,(H2,23,24,27). The summed E-state index contributed by atoms with van der Waals surface area (Å²) < 4.78 is 5.83. The maximum absolute atomic E-state index is 12.0. The van der Waals surface area contributed by atoms with Crippen LogP contribution in [0.3, 0.4) is 0 Å². The van der Waals surface area contributed by atoms with Crippen LogP contribution in [0.15, 0.2) is 54.6 Å². The lowest BCUT2D eigenvalue weighted by atomic mass is 10.1. The van der Waals surface area contributed by atoms with Gasteiger partial charge in [-0.15, -0.1) is 0 Å². The van der Waals surface area contributed by atoms with Crippen LogP contribution in [0.25, 0.3) is 0 Å². The first-order chi connectivity index (χ1) is 13.5. The van der Waals surface area contributed by atoms with Gasteiger partial charge in [0, 0.05) is 20.1 Å². The van der Waals surface area contributed by atoms with Crippen molar-refractivity contribution in [3.63, 3.8) is 0 Å². The van der Waals surface area contributed by atoms with E-state index in [0.29, 0.717) is 26.1 Å². The number of hydrogen-bond donors (Lipinski definition) is 2. The van der Waals surface area contributed by atoms with Crippen molar-refractivity contribution in [1.82, 2.24) is 15.5 Å². The van der Waals surface area contributed by atoms with Crippen molar-refractivity contribution >= 4 is 11.9 Å². The van der Waals surface area contributed by atoms with Crippen molar-refractivity contribution in [2.75, 3.05) is 20.1 Å². The van der Waals surface area contributed by atoms with Crippen molar-refractivity contribution in [3.8, 4) is 5.75 Å². The van der Waals surface area contributed by atoms with Gasteiger partial charge in [-0.1, -0.05) is 42.5 Å². The summed E-state index contributed by atoms with van der Waals surface area (Å²) in [5.41, 5.74) is 2.18. The smallest absolute Gasteiger partial charge is 0.315 e. The van der Waals surface area contributed by atoms with E-state index in [1.807, 2.05) is 61.5 Å². The Morgan fingerprint density at radius 3 is 2.50 bits per heavy atom. The van der Waals surface area contributed by atoms with E-state index in [-0.39, 0.29) is 11.9 Å². The van der Waals surface area contributed by atoms with Gasteiger partial charge in [-0.05, 0) is 43.5 Å². The highest BCUT2D eigenvalue weighted by Crippen LogP contribution is 2.15. The van der Waals surface area contributed by atoms with Gasteiger partial charge in [-0.2, -0.15) is 0 Å². The van der Waals surface area contributed by atoms with E-state index in [1.165, 1.54) is 0 Å². The molecule has 0 aliphatic carbocycles. The summed E-state index contributed by atoms with van der Waals surface area (Å²) >= 11 is 0. The number of amides is 3. The zero-order valence-electron chi connectivity index (χ0n) is 16.8. The van der Waals surface area contributed by atoms with Gasteiger partial charge in [-0.25, -0.2) is 4.79 Å². The Morgan fingerprint density at radius 2 is 1.79 bits per heavy atom. The fourth-order valence-corrected chi connectivity index (χ4v) is 2.65. The maximum Gasteiger partial charge on any atom is 0.315 e. The predicted octanol–water partition coefficient (Wildman–Crippen LogP) is 2.97. The minimum absolute atomic E-state index is 0.110. The molecule has 2 rings (SSSR count). The SMILES string of the molecule is CCN(C)C(=O)C(C)NC(=O)NCCc1cccc(OCc2ccccc2)c1. The molecule has 2 N–H and O–H groups in total. The average Bonchev–Trinajstić information content (AvgIpc) is 2.72. The topological polar surface area (TPSA) is 70.7 Å². The molecule has 2 aromatic carbocycles. The summed E-state index contributed by atoms with van der Waals surface area (Å²) in [5, 5.41) is 5.45. The number of carbonyl (C=O) groups is 2. The van der Waals surface area contributed by atoms with Crippen LogP contribution in [0, 0.1) is 0 Å². The summed E-state index contributed by atoms with van der Waals surface area (Å²) in [5.74, 6) is 0.688. The zero-order valence-corrected chi connectivity index (χ0v) is 16.8. The molecule has 1 unspecified atom stereocenters. The van der Waals surface area contributed by atoms with E-state index < -0.39 is 6.04 Å². The van der Waals surface area contributed by atoms with Crippen LogP contribution >= 0.6 is 0 Å². The predicted molar refractivity (Wildman–Crippen MR) is 110 cm³/mol. The Balaban J connectivity index is 1.75. The van der Waals surface area contributed by atoms with Crippen LogP contribution in [0.4, 0.5) is 4.79 Å². The van der Waals surface area contributed by atoms with Gasteiger partial charge in [0.25, 0.3) is 0 Å². The monoisotopic (exact) mass is 383 g/mol. The average molecular weight is 383 g/mol. The van der Waals surface area contributed by atoms with E-state index in [4.69, 9.17) is 4.74 Å². The summed E-state index contributed by atoms with van der Waals surface area (Å²) in [4.78, 5) is 25.5. The van der Waals surface area contributed by atoms with Gasteiger partial charge >= 0.3 is 6.03 Å². The highest BCUT2D eigenvalue weighted by molar-refractivity contribution is 5.86. The quantitative estimate of drug-likeness (QED) is 0.699. The van der Waals surface area contributed by atoms with Crippen LogP contribution in [0.5, 0.6) is 5.75 Å². The minimum atomic E-state index is -0.556. The van der Waals surface area contributed by atoms with E-state index in [1.54, 1.807) is 18.9 Å². The Labute approximate surface area is 166 Å². The Morgan fingerprint density at radius 1 is 1.07 bits per heavy atom. The molecular formula is C22H29N3O3. The first kappa shape index (κ1) is 21.3. The Bertz CT molecular complexity index is 765. The molecule has 28 heavy (non-hydrogen) atoms. The number of hydrogen-bond acceptors (Lipinski definition) is 3. The molecule has 3 amide bonds. The normalized spacial score (nSPS) is 11.4. The minimum Gasteiger partial charge on any atom is -0.489 e. The molecule has 6 heteroatoms. The summed E-state index contributed by atoms with van der Waals surface area (Å²) in [6, 6.07) is 16.9. The van der Waals surface area contributed by atoms with Crippen molar-refractivity contribution < 1.29 is 14.3 Å². The van der Waals surface area contributed by atoms with E-state index in [2.05, 4.69) is 10.6 Å². The van der Waals surface area contributed by atoms with Gasteiger partial charge in [-0.3, -0.25) is 4.79 Å². The van der Waals surface area contributed by atoms with Gasteiger partial charge < -0.3 is 20.3 Å². The molecule has 0 radical (unpaired) electrons. The number of benzene rings is 2. The lowest BCUT2D eigenvalue weighted by Crippen LogP contribution is -2.49. The van der Waals surface area contributed by atoms with Crippen LogP contribution in [0.2, 0.25) is 0 Å². The van der Waals surface area contributed by atoms with Crippen molar-refractivity contribution in [1.29, 1.82) is 0 Å². The largest absolute Gasteiger partial charge is 0.489 e. The highest BCUT2D eigenvalue weighted by atomic mass is 16.5. The number of urea groups is 1. The van der Waals surface area contributed by atoms with Crippen LogP contribution < -0.4 is 15.4 Å². The summed E-state index contributed by atoms with van der Waals surface area (Å²) in [6.07, 6.45) is 0.674. The lowest BCUT2D eigenvalue weighted by Gasteiger charge is -2.20. The molecular weight excluding hydrogens is 354 g/mol.